The standard InChI is InChI=1S/BH2O2.U/c2-1-3;/h2-3H;. The van der Waals surface area contributed by atoms with Crippen LogP contribution in [0.4, 0.5) is 0 Å². The first-order valence-corrected chi connectivity index (χ1v) is 0.516. The molecule has 0 amide bonds. The van der Waals surface area contributed by atoms with E-state index in [0.29, 0.717) is 0 Å². The van der Waals surface area contributed by atoms with Gasteiger partial charge in [0.2, 0.25) is 0 Å². The number of hydrogen-bond acceptors (Lipinski definition) is 2. The Hall–Kier alpha value is 1.04. The van der Waals surface area contributed by atoms with Gasteiger partial charge in [-0.2, -0.15) is 0 Å². The Morgan fingerprint density at radius 2 is 1.25 bits per heavy atom. The fourth-order valence-corrected chi connectivity index (χ4v) is 0. The van der Waals surface area contributed by atoms with Crippen molar-refractivity contribution in [3.8, 4) is 0 Å². The van der Waals surface area contributed by atoms with Crippen LogP contribution >= 0.6 is 0 Å². The molecule has 4 heavy (non-hydrogen) atoms. The molecule has 0 aromatic heterocycles. The first kappa shape index (κ1) is 8.90. The first-order valence-electron chi connectivity index (χ1n) is 0.516. The van der Waals surface area contributed by atoms with E-state index in [1.165, 1.54) is 0 Å². The Labute approximate surface area is 48.9 Å². The summed E-state index contributed by atoms with van der Waals surface area (Å²) in [5.74, 6) is 0. The molecule has 0 spiro atoms. The van der Waals surface area contributed by atoms with Crippen molar-refractivity contribution < 1.29 is 41.2 Å². The van der Waals surface area contributed by atoms with Gasteiger partial charge in [-0.3, -0.25) is 0 Å². The third-order valence-electron chi connectivity index (χ3n) is 0. The van der Waals surface area contributed by atoms with E-state index in [1.807, 2.05) is 0 Å². The summed E-state index contributed by atoms with van der Waals surface area (Å²) in [6, 6.07) is 0. The normalized spacial score (nSPS) is 3.50. The van der Waals surface area contributed by atoms with E-state index in [4.69, 9.17) is 10.0 Å². The zero-order chi connectivity index (χ0) is 2.71. The molecule has 0 atom stereocenters. The summed E-state index contributed by atoms with van der Waals surface area (Å²) in [5, 5.41) is 14.0. The van der Waals surface area contributed by atoms with Gasteiger partial charge in [0.1, 0.15) is 0 Å². The third kappa shape index (κ3) is 11.7. The molecule has 2 N–H and O–H groups in total. The van der Waals surface area contributed by atoms with Crippen molar-refractivity contribution in [2.45, 2.75) is 0 Å². The summed E-state index contributed by atoms with van der Waals surface area (Å²) in [6.07, 6.45) is 0. The quantitative estimate of drug-likeness (QED) is 0.532. The van der Waals surface area contributed by atoms with Crippen LogP contribution in [-0.4, -0.2) is 17.7 Å². The van der Waals surface area contributed by atoms with E-state index in [-0.39, 0.29) is 38.8 Å². The molecule has 0 aliphatic carbocycles. The largest absolute Gasteiger partial charge is 0.482 e. The van der Waals surface area contributed by atoms with Crippen LogP contribution in [0.15, 0.2) is 0 Å². The van der Waals surface area contributed by atoms with Crippen LogP contribution in [0.3, 0.4) is 0 Å². The molecule has 0 aliphatic rings. The van der Waals surface area contributed by atoms with Crippen LogP contribution in [0.5, 0.6) is 0 Å². The van der Waals surface area contributed by atoms with Gasteiger partial charge in [0.25, 0.3) is 0 Å². The second-order valence-electron chi connectivity index (χ2n) is 0.115. The summed E-state index contributed by atoms with van der Waals surface area (Å²) >= 11 is 0. The number of hydrogen-bond donors (Lipinski definition) is 2. The van der Waals surface area contributed by atoms with Crippen molar-refractivity contribution in [3.63, 3.8) is 0 Å². The Kier molecular flexibility index (Phi) is 20.0. The minimum absolute atomic E-state index is 0. The molecule has 0 aliphatic heterocycles. The van der Waals surface area contributed by atoms with Crippen molar-refractivity contribution in [3.05, 3.63) is 0 Å². The second-order valence-corrected chi connectivity index (χ2v) is 0.115. The summed E-state index contributed by atoms with van der Waals surface area (Å²) < 4.78 is 0. The number of rotatable bonds is 0. The van der Waals surface area contributed by atoms with Gasteiger partial charge in [0.15, 0.2) is 0 Å². The van der Waals surface area contributed by atoms with Crippen LogP contribution in [0.2, 0.25) is 0 Å². The third-order valence-corrected chi connectivity index (χ3v) is 0. The van der Waals surface area contributed by atoms with E-state index >= 15 is 0 Å². The zero-order valence-electron chi connectivity index (χ0n) is 1.97. The summed E-state index contributed by atoms with van der Waals surface area (Å²) in [7, 11) is 0. The Balaban J connectivity index is 0. The van der Waals surface area contributed by atoms with Crippen molar-refractivity contribution >= 4 is 7.69 Å². The van der Waals surface area contributed by atoms with E-state index in [9.17, 15) is 0 Å². The summed E-state index contributed by atoms with van der Waals surface area (Å²) in [4.78, 5) is 0. The zero-order valence-corrected chi connectivity index (χ0v) is 6.14. The van der Waals surface area contributed by atoms with Crippen LogP contribution in [0, 0.1) is 31.1 Å². The van der Waals surface area contributed by atoms with Gasteiger partial charge in [-0.15, -0.1) is 0 Å². The van der Waals surface area contributed by atoms with Crippen LogP contribution in [0.25, 0.3) is 0 Å². The summed E-state index contributed by atoms with van der Waals surface area (Å²) in [5.41, 5.74) is 0. The van der Waals surface area contributed by atoms with Gasteiger partial charge in [-0.05, 0) is 0 Å². The van der Waals surface area contributed by atoms with Crippen molar-refractivity contribution in [1.82, 2.24) is 0 Å². The smallest absolute Gasteiger partial charge is 0.429 e. The van der Waals surface area contributed by atoms with Crippen molar-refractivity contribution in [2.75, 3.05) is 0 Å². The topological polar surface area (TPSA) is 40.5 Å². The molecule has 4 heteroatoms. The molecule has 0 aromatic rings. The van der Waals surface area contributed by atoms with Gasteiger partial charge in [-0.25, -0.2) is 0 Å². The SMILES string of the molecule is O[B]O.[U]. The molecule has 0 unspecified atom stereocenters. The molecule has 0 bridgehead atoms. The molecule has 0 fully saturated rings. The molecule has 0 saturated carbocycles. The molecular formula is H2BO2U. The fraction of sp³-hybridized carbons (Fsp3) is 0. The minimum atomic E-state index is 0. The molecule has 0 saturated heterocycles. The van der Waals surface area contributed by atoms with Gasteiger partial charge < -0.3 is 10.0 Å². The maximum Gasteiger partial charge on any atom is 0.482 e. The predicted octanol–water partition coefficient (Wildman–Crippen LogP) is -1.49. The van der Waals surface area contributed by atoms with Gasteiger partial charge >= 0.3 is 7.69 Å². The Morgan fingerprint density at radius 3 is 1.25 bits per heavy atom. The minimum Gasteiger partial charge on any atom is -0.429 e. The van der Waals surface area contributed by atoms with Crippen molar-refractivity contribution in [2.24, 2.45) is 0 Å². The molecular weight excluding hydrogens is 281 g/mol. The molecule has 2 nitrogen and oxygen atoms in total. The predicted molar refractivity (Wildman–Crippen MR) is 10.2 cm³/mol. The van der Waals surface area contributed by atoms with E-state index in [2.05, 4.69) is 0 Å². The van der Waals surface area contributed by atoms with Crippen LogP contribution in [-0.2, 0) is 0 Å². The Morgan fingerprint density at radius 1 is 1.25 bits per heavy atom. The van der Waals surface area contributed by atoms with Crippen LogP contribution in [0.1, 0.15) is 0 Å². The maximum atomic E-state index is 7.00. The van der Waals surface area contributed by atoms with Gasteiger partial charge in [0.05, 0.1) is 0 Å². The van der Waals surface area contributed by atoms with Gasteiger partial charge in [0, 0.05) is 31.1 Å². The van der Waals surface area contributed by atoms with E-state index < -0.39 is 0 Å². The average molecular weight is 283 g/mol. The monoisotopic (exact) mass is 283 g/mol. The molecule has 0 rings (SSSR count). The molecule has 0 heterocycles. The first-order chi connectivity index (χ1) is 1.41. The molecule has 0 aromatic carbocycles. The van der Waals surface area contributed by atoms with Crippen molar-refractivity contribution in [1.29, 1.82) is 0 Å². The maximum absolute atomic E-state index is 7.00. The average Bonchev–Trinajstić information content (AvgIpc) is 0.918. The molecule has 21 valence electrons. The summed E-state index contributed by atoms with van der Waals surface area (Å²) in [6.45, 7) is 0. The van der Waals surface area contributed by atoms with E-state index in [0.717, 1.165) is 0 Å². The van der Waals surface area contributed by atoms with Gasteiger partial charge in [-0.1, -0.05) is 0 Å². The van der Waals surface area contributed by atoms with E-state index in [1.54, 1.807) is 0 Å². The molecule has 1 radical (unpaired) electrons. The van der Waals surface area contributed by atoms with Crippen LogP contribution < -0.4 is 0 Å². The fourth-order valence-electron chi connectivity index (χ4n) is 0. The Bertz CT molecular complexity index is 6.00. The second kappa shape index (κ2) is 8.97.